The van der Waals surface area contributed by atoms with Crippen LogP contribution in [0.1, 0.15) is 38.8 Å². The Morgan fingerprint density at radius 1 is 1.06 bits per heavy atom. The van der Waals surface area contributed by atoms with Gasteiger partial charge in [0, 0.05) is 18.0 Å². The number of ether oxygens (including phenoxy) is 1. The molecule has 0 aliphatic carbocycles. The van der Waals surface area contributed by atoms with Gasteiger partial charge in [-0.25, -0.2) is 0 Å². The summed E-state index contributed by atoms with van der Waals surface area (Å²) in [7, 11) is 0. The number of hydrogen-bond donors (Lipinski definition) is 0. The van der Waals surface area contributed by atoms with E-state index in [2.05, 4.69) is 24.0 Å². The van der Waals surface area contributed by atoms with Gasteiger partial charge in [0.15, 0.2) is 0 Å². The van der Waals surface area contributed by atoms with Crippen LogP contribution in [0.5, 0.6) is 5.75 Å². The summed E-state index contributed by atoms with van der Waals surface area (Å²) in [6.45, 7) is 10.9. The Kier molecular flexibility index (Phi) is 5.63. The molecule has 2 heterocycles. The molecule has 0 fully saturated rings. The number of aryl methyl sites for hydroxylation is 1. The van der Waals surface area contributed by atoms with E-state index in [4.69, 9.17) is 4.74 Å². The van der Waals surface area contributed by atoms with Crippen molar-refractivity contribution < 1.29 is 4.74 Å². The molecule has 0 amide bonds. The summed E-state index contributed by atoms with van der Waals surface area (Å²) in [5.74, 6) is 0.986. The zero-order valence-electron chi connectivity index (χ0n) is 12.1. The molecule has 3 rings (SSSR count). The fourth-order valence-electron chi connectivity index (χ4n) is 2.04. The monoisotopic (exact) mass is 245 g/mol. The largest absolute Gasteiger partial charge is 0.493 e. The second-order valence-corrected chi connectivity index (χ2v) is 3.67. The topological polar surface area (TPSA) is 22.1 Å². The van der Waals surface area contributed by atoms with Crippen molar-refractivity contribution in [3.63, 3.8) is 0 Å². The van der Waals surface area contributed by atoms with Crippen LogP contribution in [0.2, 0.25) is 0 Å². The highest BCUT2D eigenvalue weighted by Gasteiger charge is 2.14. The minimum absolute atomic E-state index is 0.787. The lowest BCUT2D eigenvalue weighted by Crippen LogP contribution is -2.09. The van der Waals surface area contributed by atoms with Crippen LogP contribution in [0.15, 0.2) is 24.4 Å². The molecule has 0 bridgehead atoms. The van der Waals surface area contributed by atoms with Gasteiger partial charge in [0.05, 0.1) is 12.1 Å². The van der Waals surface area contributed by atoms with Gasteiger partial charge in [-0.05, 0) is 30.2 Å². The van der Waals surface area contributed by atoms with E-state index in [9.17, 15) is 0 Å². The highest BCUT2D eigenvalue weighted by atomic mass is 16.5. The van der Waals surface area contributed by atoms with Gasteiger partial charge in [0.2, 0.25) is 0 Å². The molecule has 2 heteroatoms. The number of rotatable bonds is 0. The average molecular weight is 245 g/mol. The lowest BCUT2D eigenvalue weighted by molar-refractivity contribution is 0.318. The molecule has 0 radical (unpaired) electrons. The van der Waals surface area contributed by atoms with Crippen LogP contribution in [0.25, 0.3) is 10.9 Å². The van der Waals surface area contributed by atoms with E-state index in [1.54, 1.807) is 0 Å². The average Bonchev–Trinajstić information content (AvgIpc) is 2.47. The first-order valence-electron chi connectivity index (χ1n) is 6.86. The van der Waals surface area contributed by atoms with Crippen LogP contribution in [0.3, 0.4) is 0 Å². The molecule has 1 aromatic heterocycles. The maximum atomic E-state index is 5.61. The molecule has 1 aliphatic rings. The highest BCUT2D eigenvalue weighted by molar-refractivity contribution is 5.91. The van der Waals surface area contributed by atoms with Gasteiger partial charge in [-0.15, -0.1) is 0 Å². The first-order valence-corrected chi connectivity index (χ1v) is 6.86. The second kappa shape index (κ2) is 7.00. The number of pyridine rings is 1. The maximum Gasteiger partial charge on any atom is 0.129 e. The van der Waals surface area contributed by atoms with E-state index in [1.807, 2.05) is 40.0 Å². The molecule has 0 atom stereocenters. The van der Waals surface area contributed by atoms with Crippen molar-refractivity contribution in [2.24, 2.45) is 0 Å². The Morgan fingerprint density at radius 3 is 2.50 bits per heavy atom. The van der Waals surface area contributed by atoms with Gasteiger partial charge in [0.25, 0.3) is 0 Å². The van der Waals surface area contributed by atoms with Crippen molar-refractivity contribution in [1.29, 1.82) is 0 Å². The molecule has 1 aliphatic heterocycles. The molecule has 2 aromatic rings. The second-order valence-electron chi connectivity index (χ2n) is 3.67. The SMILES string of the molecule is CC.CC.Cc1ccc2c3c(ccnc13)CCO2. The minimum Gasteiger partial charge on any atom is -0.493 e. The predicted molar refractivity (Wildman–Crippen MR) is 78.4 cm³/mol. The summed E-state index contributed by atoms with van der Waals surface area (Å²) < 4.78 is 5.61. The van der Waals surface area contributed by atoms with Gasteiger partial charge in [-0.2, -0.15) is 0 Å². The zero-order chi connectivity index (χ0) is 13.5. The molecule has 0 spiro atoms. The Balaban J connectivity index is 0.000000371. The molecule has 18 heavy (non-hydrogen) atoms. The summed E-state index contributed by atoms with van der Waals surface area (Å²) >= 11 is 0. The van der Waals surface area contributed by atoms with Crippen LogP contribution >= 0.6 is 0 Å². The van der Waals surface area contributed by atoms with Crippen molar-refractivity contribution in [2.45, 2.75) is 41.0 Å². The Labute approximate surface area is 110 Å². The molecular formula is C16H23NO. The van der Waals surface area contributed by atoms with Crippen molar-refractivity contribution in [2.75, 3.05) is 6.61 Å². The van der Waals surface area contributed by atoms with Crippen LogP contribution in [0, 0.1) is 6.92 Å². The first kappa shape index (κ1) is 14.5. The van der Waals surface area contributed by atoms with Gasteiger partial charge in [-0.3, -0.25) is 4.98 Å². The third kappa shape index (κ3) is 2.63. The molecule has 98 valence electrons. The first-order chi connectivity index (χ1) is 8.86. The number of hydrogen-bond acceptors (Lipinski definition) is 2. The molecule has 2 nitrogen and oxygen atoms in total. The molecule has 0 N–H and O–H groups in total. The molecule has 0 unspecified atom stereocenters. The van der Waals surface area contributed by atoms with Crippen LogP contribution in [-0.2, 0) is 6.42 Å². The lowest BCUT2D eigenvalue weighted by atomic mass is 10.0. The summed E-state index contributed by atoms with van der Waals surface area (Å²) in [5, 5.41) is 1.21. The third-order valence-electron chi connectivity index (χ3n) is 2.77. The number of benzene rings is 1. The molecule has 0 saturated heterocycles. The number of aromatic nitrogens is 1. The molecular weight excluding hydrogens is 222 g/mol. The van der Waals surface area contributed by atoms with E-state index in [1.165, 1.54) is 16.5 Å². The van der Waals surface area contributed by atoms with Gasteiger partial charge in [-0.1, -0.05) is 33.8 Å². The van der Waals surface area contributed by atoms with E-state index < -0.39 is 0 Å². The van der Waals surface area contributed by atoms with Crippen molar-refractivity contribution in [1.82, 2.24) is 4.98 Å². The van der Waals surface area contributed by atoms with Crippen molar-refractivity contribution in [3.8, 4) is 5.75 Å². The van der Waals surface area contributed by atoms with E-state index in [0.29, 0.717) is 0 Å². The number of nitrogens with zero attached hydrogens (tertiary/aromatic N) is 1. The van der Waals surface area contributed by atoms with Crippen LogP contribution in [0.4, 0.5) is 0 Å². The highest BCUT2D eigenvalue weighted by Crippen LogP contribution is 2.32. The predicted octanol–water partition coefficient (Wildman–Crippen LogP) is 4.53. The molecule has 1 aromatic carbocycles. The quantitative estimate of drug-likeness (QED) is 0.680. The van der Waals surface area contributed by atoms with Gasteiger partial charge >= 0.3 is 0 Å². The summed E-state index contributed by atoms with van der Waals surface area (Å²) in [4.78, 5) is 4.40. The maximum absolute atomic E-state index is 5.61. The van der Waals surface area contributed by atoms with E-state index in [0.717, 1.165) is 24.3 Å². The van der Waals surface area contributed by atoms with Crippen LogP contribution < -0.4 is 4.74 Å². The zero-order valence-corrected chi connectivity index (χ0v) is 12.1. The normalized spacial score (nSPS) is 11.6. The summed E-state index contributed by atoms with van der Waals surface area (Å²) in [6.07, 6.45) is 2.88. The van der Waals surface area contributed by atoms with Gasteiger partial charge < -0.3 is 4.74 Å². The van der Waals surface area contributed by atoms with E-state index in [-0.39, 0.29) is 0 Å². The third-order valence-corrected chi connectivity index (χ3v) is 2.77. The van der Waals surface area contributed by atoms with Gasteiger partial charge in [0.1, 0.15) is 5.75 Å². The van der Waals surface area contributed by atoms with Crippen LogP contribution in [-0.4, -0.2) is 11.6 Å². The van der Waals surface area contributed by atoms with Crippen molar-refractivity contribution >= 4 is 10.9 Å². The fraction of sp³-hybridized carbons (Fsp3) is 0.438. The Bertz CT molecular complexity index is 495. The smallest absolute Gasteiger partial charge is 0.129 e. The van der Waals surface area contributed by atoms with E-state index >= 15 is 0 Å². The fourth-order valence-corrected chi connectivity index (χ4v) is 2.04. The minimum atomic E-state index is 0.787. The standard InChI is InChI=1S/C12H11NO.2C2H6/c1-8-2-3-10-11-9(5-7-14-10)4-6-13-12(8)11;2*1-2/h2-4,6H,5,7H2,1H3;2*1-2H3. The summed E-state index contributed by atoms with van der Waals surface area (Å²) in [5.41, 5.74) is 3.66. The molecule has 0 saturated carbocycles. The Morgan fingerprint density at radius 2 is 1.78 bits per heavy atom. The van der Waals surface area contributed by atoms with Crippen molar-refractivity contribution in [3.05, 3.63) is 35.5 Å². The Hall–Kier alpha value is -1.57. The summed E-state index contributed by atoms with van der Waals surface area (Å²) in [6, 6.07) is 6.20. The lowest BCUT2D eigenvalue weighted by Gasteiger charge is -2.18.